The zero-order chi connectivity index (χ0) is 17.8. The summed E-state index contributed by atoms with van der Waals surface area (Å²) < 4.78 is 6.48. The van der Waals surface area contributed by atoms with Crippen molar-refractivity contribution in [3.8, 4) is 0 Å². The van der Waals surface area contributed by atoms with Gasteiger partial charge in [-0.3, -0.25) is 14.3 Å². The Bertz CT molecular complexity index is 869. The van der Waals surface area contributed by atoms with Gasteiger partial charge in [0.2, 0.25) is 0 Å². The van der Waals surface area contributed by atoms with Gasteiger partial charge in [0.25, 0.3) is 11.8 Å². The molecule has 0 aliphatic carbocycles. The highest BCUT2D eigenvalue weighted by atomic mass is 16.3. The molecule has 7 nitrogen and oxygen atoms in total. The Morgan fingerprint density at radius 3 is 2.56 bits per heavy atom. The fourth-order valence-corrected chi connectivity index (χ4v) is 2.38. The summed E-state index contributed by atoms with van der Waals surface area (Å²) in [5, 5.41) is 9.70. The van der Waals surface area contributed by atoms with Crippen LogP contribution in [0, 0.1) is 0 Å². The number of aromatic nitrogens is 2. The Morgan fingerprint density at radius 1 is 1.12 bits per heavy atom. The third-order valence-electron chi connectivity index (χ3n) is 3.75. The highest BCUT2D eigenvalue weighted by Crippen LogP contribution is 2.15. The van der Waals surface area contributed by atoms with E-state index >= 15 is 0 Å². The van der Waals surface area contributed by atoms with Gasteiger partial charge in [0, 0.05) is 13.1 Å². The van der Waals surface area contributed by atoms with Crippen LogP contribution in [0.1, 0.15) is 39.6 Å². The van der Waals surface area contributed by atoms with E-state index in [1.807, 2.05) is 37.3 Å². The molecule has 3 aromatic rings. The highest BCUT2D eigenvalue weighted by molar-refractivity contribution is 6.02. The molecule has 0 radical (unpaired) electrons. The first kappa shape index (κ1) is 16.5. The van der Waals surface area contributed by atoms with Crippen molar-refractivity contribution in [2.75, 3.05) is 5.32 Å². The molecule has 2 heterocycles. The van der Waals surface area contributed by atoms with Crippen molar-refractivity contribution in [3.63, 3.8) is 0 Å². The maximum Gasteiger partial charge on any atom is 0.292 e. The van der Waals surface area contributed by atoms with Crippen molar-refractivity contribution in [1.29, 1.82) is 0 Å². The molecule has 0 saturated heterocycles. The van der Waals surface area contributed by atoms with Crippen LogP contribution in [0.5, 0.6) is 0 Å². The van der Waals surface area contributed by atoms with E-state index in [0.717, 1.165) is 5.56 Å². The summed E-state index contributed by atoms with van der Waals surface area (Å²) in [5.41, 5.74) is 1.22. The Labute approximate surface area is 144 Å². The van der Waals surface area contributed by atoms with E-state index in [1.54, 1.807) is 19.2 Å². The summed E-state index contributed by atoms with van der Waals surface area (Å²) >= 11 is 0. The number of carbonyl (C=O) groups excluding carboxylic acids is 2. The van der Waals surface area contributed by atoms with E-state index in [9.17, 15) is 9.59 Å². The minimum atomic E-state index is -0.405. The maximum atomic E-state index is 12.4. The molecule has 0 fully saturated rings. The number of aryl methyl sites for hydroxylation is 1. The first-order chi connectivity index (χ1) is 12.0. The number of hydrogen-bond acceptors (Lipinski definition) is 4. The number of carbonyl (C=O) groups is 2. The minimum absolute atomic E-state index is 0.156. The number of nitrogens with one attached hydrogen (secondary N) is 2. The van der Waals surface area contributed by atoms with E-state index in [-0.39, 0.29) is 23.4 Å². The number of rotatable bonds is 5. The Hall–Kier alpha value is -3.35. The largest absolute Gasteiger partial charge is 0.459 e. The lowest BCUT2D eigenvalue weighted by molar-refractivity contribution is 0.0933. The molecule has 1 aromatic carbocycles. The molecule has 2 N–H and O–H groups in total. The lowest BCUT2D eigenvalue weighted by Crippen LogP contribution is -2.27. The van der Waals surface area contributed by atoms with Crippen LogP contribution in [0.25, 0.3) is 0 Å². The van der Waals surface area contributed by atoms with Gasteiger partial charge in [-0.05, 0) is 24.6 Å². The maximum absolute atomic E-state index is 12.4. The molecule has 1 atom stereocenters. The van der Waals surface area contributed by atoms with Gasteiger partial charge in [0.05, 0.1) is 12.3 Å². The van der Waals surface area contributed by atoms with Gasteiger partial charge in [-0.1, -0.05) is 30.3 Å². The zero-order valence-corrected chi connectivity index (χ0v) is 13.9. The number of amides is 2. The molecule has 3 rings (SSSR count). The second-order valence-electron chi connectivity index (χ2n) is 5.58. The normalized spacial score (nSPS) is 11.8. The van der Waals surface area contributed by atoms with E-state index in [1.165, 1.54) is 17.0 Å². The number of benzene rings is 1. The predicted octanol–water partition coefficient (Wildman–Crippen LogP) is 2.76. The summed E-state index contributed by atoms with van der Waals surface area (Å²) in [6.45, 7) is 1.90. The first-order valence-electron chi connectivity index (χ1n) is 7.79. The van der Waals surface area contributed by atoms with E-state index in [0.29, 0.717) is 5.82 Å². The van der Waals surface area contributed by atoms with Crippen LogP contribution in [0.4, 0.5) is 5.82 Å². The van der Waals surface area contributed by atoms with Gasteiger partial charge in [0.15, 0.2) is 11.5 Å². The predicted molar refractivity (Wildman–Crippen MR) is 92.2 cm³/mol. The third kappa shape index (κ3) is 3.77. The molecule has 25 heavy (non-hydrogen) atoms. The summed E-state index contributed by atoms with van der Waals surface area (Å²) in [7, 11) is 1.65. The topological polar surface area (TPSA) is 89.2 Å². The molecule has 0 spiro atoms. The Balaban J connectivity index is 1.69. The molecule has 0 bridgehead atoms. The molecule has 128 valence electrons. The van der Waals surface area contributed by atoms with Crippen molar-refractivity contribution in [1.82, 2.24) is 15.1 Å². The van der Waals surface area contributed by atoms with Crippen molar-refractivity contribution < 1.29 is 14.0 Å². The quantitative estimate of drug-likeness (QED) is 0.748. The van der Waals surface area contributed by atoms with Gasteiger partial charge in [0.1, 0.15) is 5.82 Å². The smallest absolute Gasteiger partial charge is 0.292 e. The van der Waals surface area contributed by atoms with Gasteiger partial charge in [-0.2, -0.15) is 5.10 Å². The lowest BCUT2D eigenvalue weighted by Gasteiger charge is -2.12. The second kappa shape index (κ2) is 7.04. The summed E-state index contributed by atoms with van der Waals surface area (Å²) in [6.07, 6.45) is 1.42. The minimum Gasteiger partial charge on any atom is -0.459 e. The van der Waals surface area contributed by atoms with Crippen LogP contribution in [0.2, 0.25) is 0 Å². The molecule has 1 unspecified atom stereocenters. The summed E-state index contributed by atoms with van der Waals surface area (Å²) in [5.74, 6) is -0.133. The van der Waals surface area contributed by atoms with Gasteiger partial charge in [-0.15, -0.1) is 0 Å². The molecule has 7 heteroatoms. The number of nitrogens with zero attached hydrogens (tertiary/aromatic N) is 2. The Morgan fingerprint density at radius 2 is 1.88 bits per heavy atom. The van der Waals surface area contributed by atoms with E-state index in [2.05, 4.69) is 15.7 Å². The van der Waals surface area contributed by atoms with Crippen LogP contribution in [0.15, 0.2) is 59.2 Å². The SMILES string of the molecule is CC(NC(=O)c1cc(NC(=O)c2ccco2)n(C)n1)c1ccccc1. The molecule has 0 saturated carbocycles. The number of anilines is 1. The van der Waals surface area contributed by atoms with Crippen molar-refractivity contribution in [2.45, 2.75) is 13.0 Å². The highest BCUT2D eigenvalue weighted by Gasteiger charge is 2.18. The molecule has 2 aromatic heterocycles. The van der Waals surface area contributed by atoms with Gasteiger partial charge in [-0.25, -0.2) is 0 Å². The third-order valence-corrected chi connectivity index (χ3v) is 3.75. The van der Waals surface area contributed by atoms with Crippen LogP contribution in [0.3, 0.4) is 0 Å². The standard InChI is InChI=1S/C18H18N4O3/c1-12(13-7-4-3-5-8-13)19-17(23)14-11-16(22(2)21-14)20-18(24)15-9-6-10-25-15/h3-12H,1-2H3,(H,19,23)(H,20,24). The van der Waals surface area contributed by atoms with Crippen molar-refractivity contribution in [2.24, 2.45) is 7.05 Å². The number of hydrogen-bond donors (Lipinski definition) is 2. The first-order valence-corrected chi connectivity index (χ1v) is 7.79. The molecule has 2 amide bonds. The van der Waals surface area contributed by atoms with Crippen LogP contribution >= 0.6 is 0 Å². The second-order valence-corrected chi connectivity index (χ2v) is 5.58. The lowest BCUT2D eigenvalue weighted by atomic mass is 10.1. The molecule has 0 aliphatic heterocycles. The van der Waals surface area contributed by atoms with Crippen molar-refractivity contribution in [3.05, 3.63) is 71.8 Å². The van der Waals surface area contributed by atoms with E-state index < -0.39 is 5.91 Å². The Kier molecular flexibility index (Phi) is 4.65. The van der Waals surface area contributed by atoms with Gasteiger partial charge < -0.3 is 15.1 Å². The average Bonchev–Trinajstić information content (AvgIpc) is 3.26. The van der Waals surface area contributed by atoms with Crippen LogP contribution in [-0.2, 0) is 7.05 Å². The molecular formula is C18H18N4O3. The monoisotopic (exact) mass is 338 g/mol. The molecular weight excluding hydrogens is 320 g/mol. The average molecular weight is 338 g/mol. The van der Waals surface area contributed by atoms with Gasteiger partial charge >= 0.3 is 0 Å². The summed E-state index contributed by atoms with van der Waals surface area (Å²) in [4.78, 5) is 24.4. The van der Waals surface area contributed by atoms with Crippen molar-refractivity contribution >= 4 is 17.6 Å². The number of furan rings is 1. The molecule has 0 aliphatic rings. The summed E-state index contributed by atoms with van der Waals surface area (Å²) in [6, 6.07) is 14.2. The zero-order valence-electron chi connectivity index (χ0n) is 13.9. The van der Waals surface area contributed by atoms with Crippen LogP contribution in [-0.4, -0.2) is 21.6 Å². The fourth-order valence-electron chi connectivity index (χ4n) is 2.38. The van der Waals surface area contributed by atoms with Crippen LogP contribution < -0.4 is 10.6 Å². The fraction of sp³-hybridized carbons (Fsp3) is 0.167. The van der Waals surface area contributed by atoms with E-state index in [4.69, 9.17) is 4.42 Å².